The van der Waals surface area contributed by atoms with Crippen LogP contribution < -0.4 is 14.8 Å². The second-order valence-corrected chi connectivity index (χ2v) is 6.23. The van der Waals surface area contributed by atoms with E-state index in [-0.39, 0.29) is 17.7 Å². The molecule has 4 nitrogen and oxygen atoms in total. The summed E-state index contributed by atoms with van der Waals surface area (Å²) in [4.78, 5) is 12.3. The lowest BCUT2D eigenvalue weighted by Gasteiger charge is -2.20. The van der Waals surface area contributed by atoms with Crippen molar-refractivity contribution in [1.82, 2.24) is 5.32 Å². The molecule has 134 valence electrons. The van der Waals surface area contributed by atoms with Crippen LogP contribution in [0.5, 0.6) is 11.5 Å². The first-order valence-corrected chi connectivity index (χ1v) is 8.26. The lowest BCUT2D eigenvalue weighted by atomic mass is 10.1. The van der Waals surface area contributed by atoms with Gasteiger partial charge in [-0.2, -0.15) is 0 Å². The molecule has 2 atom stereocenters. The lowest BCUT2D eigenvalue weighted by Crippen LogP contribution is -2.37. The van der Waals surface area contributed by atoms with E-state index in [4.69, 9.17) is 21.1 Å². The van der Waals surface area contributed by atoms with Crippen LogP contribution in [-0.4, -0.2) is 19.1 Å². The van der Waals surface area contributed by atoms with Crippen LogP contribution in [0.4, 0.5) is 4.39 Å². The van der Waals surface area contributed by atoms with Crippen LogP contribution in [0, 0.1) is 12.7 Å². The molecule has 0 saturated heterocycles. The number of aryl methyl sites for hydroxylation is 1. The molecule has 0 heterocycles. The van der Waals surface area contributed by atoms with E-state index >= 15 is 0 Å². The smallest absolute Gasteiger partial charge is 0.261 e. The summed E-state index contributed by atoms with van der Waals surface area (Å²) in [6.45, 7) is 5.29. The van der Waals surface area contributed by atoms with Crippen LogP contribution in [0.2, 0.25) is 5.02 Å². The number of amides is 1. The van der Waals surface area contributed by atoms with Gasteiger partial charge in [-0.05, 0) is 62.2 Å². The summed E-state index contributed by atoms with van der Waals surface area (Å²) in [5.74, 6) is -0.00681. The maximum absolute atomic E-state index is 13.8. The fourth-order valence-corrected chi connectivity index (χ4v) is 2.58. The number of halogens is 2. The van der Waals surface area contributed by atoms with Gasteiger partial charge in [0.1, 0.15) is 5.75 Å². The maximum atomic E-state index is 13.8. The van der Waals surface area contributed by atoms with Gasteiger partial charge in [0.05, 0.1) is 13.2 Å². The standard InChI is InChI=1S/C19H21ClFNO3/c1-11-9-15(20)6-8-17(11)25-13(3)19(23)22-12(2)14-5-7-18(24-4)16(21)10-14/h5-10,12-13H,1-4H3,(H,22,23). The van der Waals surface area contributed by atoms with Crippen molar-refractivity contribution >= 4 is 17.5 Å². The predicted molar refractivity (Wildman–Crippen MR) is 95.8 cm³/mol. The zero-order valence-electron chi connectivity index (χ0n) is 14.6. The third-order valence-electron chi connectivity index (χ3n) is 3.84. The van der Waals surface area contributed by atoms with Crippen molar-refractivity contribution in [3.63, 3.8) is 0 Å². The van der Waals surface area contributed by atoms with Crippen LogP contribution in [0.25, 0.3) is 0 Å². The Labute approximate surface area is 151 Å². The van der Waals surface area contributed by atoms with Crippen molar-refractivity contribution < 1.29 is 18.7 Å². The van der Waals surface area contributed by atoms with Gasteiger partial charge >= 0.3 is 0 Å². The lowest BCUT2D eigenvalue weighted by molar-refractivity contribution is -0.127. The third-order valence-corrected chi connectivity index (χ3v) is 4.08. The molecule has 2 aromatic rings. The fraction of sp³-hybridized carbons (Fsp3) is 0.316. The Balaban J connectivity index is 2.01. The summed E-state index contributed by atoms with van der Waals surface area (Å²) >= 11 is 5.91. The van der Waals surface area contributed by atoms with E-state index in [1.54, 1.807) is 38.1 Å². The molecule has 0 aromatic heterocycles. The molecule has 0 aliphatic rings. The number of methoxy groups -OCH3 is 1. The first-order chi connectivity index (χ1) is 11.8. The highest BCUT2D eigenvalue weighted by molar-refractivity contribution is 6.30. The van der Waals surface area contributed by atoms with Gasteiger partial charge in [-0.1, -0.05) is 17.7 Å². The van der Waals surface area contributed by atoms with E-state index in [0.29, 0.717) is 16.3 Å². The Morgan fingerprint density at radius 1 is 1.16 bits per heavy atom. The normalized spacial score (nSPS) is 13.0. The van der Waals surface area contributed by atoms with Gasteiger partial charge in [-0.15, -0.1) is 0 Å². The summed E-state index contributed by atoms with van der Waals surface area (Å²) < 4.78 is 24.4. The number of hydrogen-bond donors (Lipinski definition) is 1. The summed E-state index contributed by atoms with van der Waals surface area (Å²) in [7, 11) is 1.40. The Kier molecular flexibility index (Phi) is 6.26. The number of hydrogen-bond acceptors (Lipinski definition) is 3. The Morgan fingerprint density at radius 3 is 2.44 bits per heavy atom. The summed E-state index contributed by atoms with van der Waals surface area (Å²) in [5, 5.41) is 3.42. The molecule has 0 aliphatic heterocycles. The van der Waals surface area contributed by atoms with E-state index in [1.165, 1.54) is 19.2 Å². The minimum absolute atomic E-state index is 0.164. The number of rotatable bonds is 6. The average molecular weight is 366 g/mol. The predicted octanol–water partition coefficient (Wildman–Crippen LogP) is 4.44. The van der Waals surface area contributed by atoms with Crippen molar-refractivity contribution in [2.24, 2.45) is 0 Å². The SMILES string of the molecule is COc1ccc(C(C)NC(=O)C(C)Oc2ccc(Cl)cc2C)cc1F. The molecule has 2 unspecified atom stereocenters. The molecule has 2 aromatic carbocycles. The number of carbonyl (C=O) groups excluding carboxylic acids is 1. The molecule has 1 amide bonds. The van der Waals surface area contributed by atoms with Gasteiger partial charge in [0, 0.05) is 5.02 Å². The largest absolute Gasteiger partial charge is 0.494 e. The molecule has 0 spiro atoms. The van der Waals surface area contributed by atoms with Crippen LogP contribution in [0.15, 0.2) is 36.4 Å². The Morgan fingerprint density at radius 2 is 1.84 bits per heavy atom. The number of carbonyl (C=O) groups is 1. The van der Waals surface area contributed by atoms with E-state index < -0.39 is 11.9 Å². The average Bonchev–Trinajstić information content (AvgIpc) is 2.57. The van der Waals surface area contributed by atoms with Crippen molar-refractivity contribution in [1.29, 1.82) is 0 Å². The molecule has 0 fully saturated rings. The highest BCUT2D eigenvalue weighted by Gasteiger charge is 2.19. The summed E-state index contributed by atoms with van der Waals surface area (Å²) in [5.41, 5.74) is 1.49. The van der Waals surface area contributed by atoms with Gasteiger partial charge in [0.2, 0.25) is 0 Å². The molecule has 25 heavy (non-hydrogen) atoms. The van der Waals surface area contributed by atoms with Crippen LogP contribution in [0.1, 0.15) is 31.0 Å². The summed E-state index contributed by atoms with van der Waals surface area (Å²) in [6.07, 6.45) is -0.703. The topological polar surface area (TPSA) is 47.6 Å². The molecule has 0 radical (unpaired) electrons. The van der Waals surface area contributed by atoms with Crippen molar-refractivity contribution in [2.75, 3.05) is 7.11 Å². The summed E-state index contributed by atoms with van der Waals surface area (Å²) in [6, 6.07) is 9.42. The van der Waals surface area contributed by atoms with Crippen molar-refractivity contribution in [2.45, 2.75) is 32.9 Å². The Bertz CT molecular complexity index is 766. The van der Waals surface area contributed by atoms with Crippen LogP contribution in [0.3, 0.4) is 0 Å². The van der Waals surface area contributed by atoms with Gasteiger partial charge in [0.15, 0.2) is 17.7 Å². The quantitative estimate of drug-likeness (QED) is 0.823. The van der Waals surface area contributed by atoms with Crippen molar-refractivity contribution in [3.05, 3.63) is 58.4 Å². The molecular weight excluding hydrogens is 345 g/mol. The van der Waals surface area contributed by atoms with Crippen molar-refractivity contribution in [3.8, 4) is 11.5 Å². The number of benzene rings is 2. The maximum Gasteiger partial charge on any atom is 0.261 e. The number of ether oxygens (including phenoxy) is 2. The molecule has 0 bridgehead atoms. The zero-order chi connectivity index (χ0) is 18.6. The van der Waals surface area contributed by atoms with Crippen LogP contribution >= 0.6 is 11.6 Å². The highest BCUT2D eigenvalue weighted by atomic mass is 35.5. The van der Waals surface area contributed by atoms with E-state index in [1.807, 2.05) is 6.92 Å². The van der Waals surface area contributed by atoms with Gasteiger partial charge in [-0.25, -0.2) is 4.39 Å². The molecule has 1 N–H and O–H groups in total. The molecular formula is C19H21ClFNO3. The molecule has 0 saturated carbocycles. The van der Waals surface area contributed by atoms with Gasteiger partial charge < -0.3 is 14.8 Å². The van der Waals surface area contributed by atoms with Crippen LogP contribution in [-0.2, 0) is 4.79 Å². The second kappa shape index (κ2) is 8.21. The Hall–Kier alpha value is -2.27. The third kappa shape index (κ3) is 4.86. The molecule has 6 heteroatoms. The molecule has 2 rings (SSSR count). The highest BCUT2D eigenvalue weighted by Crippen LogP contribution is 2.24. The van der Waals surface area contributed by atoms with E-state index in [2.05, 4.69) is 5.32 Å². The fourth-order valence-electron chi connectivity index (χ4n) is 2.36. The molecule has 0 aliphatic carbocycles. The van der Waals surface area contributed by atoms with Gasteiger partial charge in [-0.3, -0.25) is 4.79 Å². The first kappa shape index (κ1) is 19.1. The second-order valence-electron chi connectivity index (χ2n) is 5.79. The minimum atomic E-state index is -0.703. The monoisotopic (exact) mass is 365 g/mol. The zero-order valence-corrected chi connectivity index (χ0v) is 15.4. The minimum Gasteiger partial charge on any atom is -0.494 e. The number of nitrogens with one attached hydrogen (secondary N) is 1. The van der Waals surface area contributed by atoms with E-state index in [9.17, 15) is 9.18 Å². The van der Waals surface area contributed by atoms with E-state index in [0.717, 1.165) is 5.56 Å². The van der Waals surface area contributed by atoms with Gasteiger partial charge in [0.25, 0.3) is 5.91 Å². The first-order valence-electron chi connectivity index (χ1n) is 7.88.